The molecule has 2 atom stereocenters. The van der Waals surface area contributed by atoms with Crippen molar-refractivity contribution in [3.05, 3.63) is 59.2 Å². The molecule has 1 aliphatic rings. The quantitative estimate of drug-likeness (QED) is 0.758. The van der Waals surface area contributed by atoms with Crippen molar-refractivity contribution in [2.75, 3.05) is 12.4 Å². The van der Waals surface area contributed by atoms with E-state index in [1.807, 2.05) is 0 Å². The minimum atomic E-state index is -0.0604. The van der Waals surface area contributed by atoms with Crippen molar-refractivity contribution in [3.63, 3.8) is 0 Å². The number of nitrogens with one attached hydrogen (secondary N) is 1. The molecular formula is C23H28N2O. The molecule has 2 aromatic carbocycles. The van der Waals surface area contributed by atoms with Crippen molar-refractivity contribution in [1.29, 1.82) is 5.26 Å². The molecule has 2 aromatic rings. The number of nitrogens with zero attached hydrogens (tertiary/aromatic N) is 1. The van der Waals surface area contributed by atoms with Gasteiger partial charge in [-0.2, -0.15) is 5.26 Å². The highest BCUT2D eigenvalue weighted by atomic mass is 16.5. The van der Waals surface area contributed by atoms with Crippen molar-refractivity contribution in [3.8, 4) is 11.8 Å². The number of nitriles is 1. The van der Waals surface area contributed by atoms with Crippen LogP contribution < -0.4 is 10.1 Å². The third-order valence-electron chi connectivity index (χ3n) is 5.78. The van der Waals surface area contributed by atoms with Gasteiger partial charge in [-0.3, -0.25) is 0 Å². The maximum atomic E-state index is 9.24. The number of benzene rings is 2. The standard InChI is InChI=1S/C23H28N2O/c1-16(2)19-14-18(10-11-22(19)26-4)15-23(12-7-13-24)17(3)25-21-9-6-5-8-20(21)23/h5-6,8-11,14,16-17,25H,7,12,15H2,1-4H3. The molecule has 0 spiro atoms. The molecule has 3 heteroatoms. The second-order valence-electron chi connectivity index (χ2n) is 7.63. The molecule has 0 saturated carbocycles. The molecule has 0 fully saturated rings. The van der Waals surface area contributed by atoms with Gasteiger partial charge >= 0.3 is 0 Å². The van der Waals surface area contributed by atoms with E-state index < -0.39 is 0 Å². The Labute approximate surface area is 157 Å². The van der Waals surface area contributed by atoms with E-state index in [0.29, 0.717) is 12.3 Å². The van der Waals surface area contributed by atoms with Gasteiger partial charge in [-0.05, 0) is 54.5 Å². The lowest BCUT2D eigenvalue weighted by Gasteiger charge is -2.34. The number of fused-ring (bicyclic) bond motifs is 1. The summed E-state index contributed by atoms with van der Waals surface area (Å²) in [4.78, 5) is 0. The topological polar surface area (TPSA) is 45.0 Å². The minimum absolute atomic E-state index is 0.0604. The number of anilines is 1. The average Bonchev–Trinajstić information content (AvgIpc) is 2.92. The molecule has 0 bridgehead atoms. The molecule has 0 aliphatic carbocycles. The number of hydrogen-bond acceptors (Lipinski definition) is 3. The Bertz CT molecular complexity index is 821. The Balaban J connectivity index is 2.04. The summed E-state index contributed by atoms with van der Waals surface area (Å²) in [6.45, 7) is 6.63. The van der Waals surface area contributed by atoms with E-state index in [1.54, 1.807) is 7.11 Å². The van der Waals surface area contributed by atoms with Crippen LogP contribution in [0.4, 0.5) is 5.69 Å². The molecule has 2 unspecified atom stereocenters. The highest BCUT2D eigenvalue weighted by Crippen LogP contribution is 2.46. The second-order valence-corrected chi connectivity index (χ2v) is 7.63. The third kappa shape index (κ3) is 3.17. The molecule has 1 heterocycles. The first-order valence-corrected chi connectivity index (χ1v) is 9.41. The fraction of sp³-hybridized carbons (Fsp3) is 0.435. The van der Waals surface area contributed by atoms with E-state index in [0.717, 1.165) is 18.6 Å². The van der Waals surface area contributed by atoms with E-state index in [9.17, 15) is 5.26 Å². The Kier molecular flexibility index (Phi) is 5.23. The summed E-state index contributed by atoms with van der Waals surface area (Å²) in [5, 5.41) is 12.9. The summed E-state index contributed by atoms with van der Waals surface area (Å²) in [7, 11) is 1.73. The maximum Gasteiger partial charge on any atom is 0.122 e. The van der Waals surface area contributed by atoms with Crippen molar-refractivity contribution >= 4 is 5.69 Å². The first-order chi connectivity index (χ1) is 12.5. The summed E-state index contributed by atoms with van der Waals surface area (Å²) < 4.78 is 5.54. The molecule has 136 valence electrons. The van der Waals surface area contributed by atoms with Crippen LogP contribution in [0.3, 0.4) is 0 Å². The van der Waals surface area contributed by atoms with Crippen molar-refractivity contribution in [2.45, 2.75) is 57.4 Å². The zero-order valence-electron chi connectivity index (χ0n) is 16.2. The predicted molar refractivity (Wildman–Crippen MR) is 107 cm³/mol. The molecule has 3 nitrogen and oxygen atoms in total. The predicted octanol–water partition coefficient (Wildman–Crippen LogP) is 5.42. The van der Waals surface area contributed by atoms with E-state index in [1.165, 1.54) is 22.4 Å². The first kappa shape index (κ1) is 18.3. The third-order valence-corrected chi connectivity index (χ3v) is 5.78. The number of ether oxygens (including phenoxy) is 1. The normalized spacial score (nSPS) is 21.2. The summed E-state index contributed by atoms with van der Waals surface area (Å²) in [6.07, 6.45) is 2.34. The van der Waals surface area contributed by atoms with Gasteiger partial charge in [0.05, 0.1) is 13.2 Å². The lowest BCUT2D eigenvalue weighted by Crippen LogP contribution is -2.39. The van der Waals surface area contributed by atoms with Gasteiger partial charge in [-0.25, -0.2) is 0 Å². The molecule has 0 saturated heterocycles. The van der Waals surface area contributed by atoms with Crippen LogP contribution in [0, 0.1) is 11.3 Å². The van der Waals surface area contributed by atoms with Crippen LogP contribution in [-0.2, 0) is 11.8 Å². The van der Waals surface area contributed by atoms with E-state index in [4.69, 9.17) is 4.74 Å². The summed E-state index contributed by atoms with van der Waals surface area (Å²) in [6, 6.07) is 17.7. The molecule has 3 rings (SSSR count). The number of hydrogen-bond donors (Lipinski definition) is 1. The van der Waals surface area contributed by atoms with Crippen LogP contribution in [-0.4, -0.2) is 13.2 Å². The van der Waals surface area contributed by atoms with Gasteiger partial charge in [-0.1, -0.05) is 44.2 Å². The van der Waals surface area contributed by atoms with Gasteiger partial charge < -0.3 is 10.1 Å². The molecule has 0 radical (unpaired) electrons. The smallest absolute Gasteiger partial charge is 0.122 e. The van der Waals surface area contributed by atoms with E-state index >= 15 is 0 Å². The van der Waals surface area contributed by atoms with Crippen LogP contribution in [0.15, 0.2) is 42.5 Å². The van der Waals surface area contributed by atoms with Crippen LogP contribution in [0.1, 0.15) is 56.2 Å². The van der Waals surface area contributed by atoms with E-state index in [2.05, 4.69) is 74.6 Å². The first-order valence-electron chi connectivity index (χ1n) is 9.41. The van der Waals surface area contributed by atoms with Gasteiger partial charge in [0.2, 0.25) is 0 Å². The van der Waals surface area contributed by atoms with Crippen LogP contribution in [0.2, 0.25) is 0 Å². The molecule has 1 aliphatic heterocycles. The van der Waals surface area contributed by atoms with Crippen LogP contribution >= 0.6 is 0 Å². The number of methoxy groups -OCH3 is 1. The van der Waals surface area contributed by atoms with Gasteiger partial charge in [0, 0.05) is 23.6 Å². The fourth-order valence-electron chi connectivity index (χ4n) is 4.32. The largest absolute Gasteiger partial charge is 0.496 e. The van der Waals surface area contributed by atoms with Gasteiger partial charge in [0.15, 0.2) is 0 Å². The second kappa shape index (κ2) is 7.41. The van der Waals surface area contributed by atoms with Crippen molar-refractivity contribution < 1.29 is 4.74 Å². The van der Waals surface area contributed by atoms with E-state index in [-0.39, 0.29) is 11.5 Å². The number of para-hydroxylation sites is 1. The van der Waals surface area contributed by atoms with Crippen molar-refractivity contribution in [1.82, 2.24) is 0 Å². The van der Waals surface area contributed by atoms with Gasteiger partial charge in [-0.15, -0.1) is 0 Å². The lowest BCUT2D eigenvalue weighted by atomic mass is 9.69. The highest BCUT2D eigenvalue weighted by Gasteiger charge is 2.44. The molecule has 1 N–H and O–H groups in total. The fourth-order valence-corrected chi connectivity index (χ4v) is 4.32. The van der Waals surface area contributed by atoms with Gasteiger partial charge in [0.25, 0.3) is 0 Å². The molecule has 0 aromatic heterocycles. The Morgan fingerprint density at radius 1 is 1.23 bits per heavy atom. The highest BCUT2D eigenvalue weighted by molar-refractivity contribution is 5.62. The summed E-state index contributed by atoms with van der Waals surface area (Å²) in [5.41, 5.74) is 5.03. The number of rotatable bonds is 6. The van der Waals surface area contributed by atoms with Gasteiger partial charge in [0.1, 0.15) is 5.75 Å². The summed E-state index contributed by atoms with van der Waals surface area (Å²) in [5.74, 6) is 1.36. The zero-order chi connectivity index (χ0) is 18.7. The lowest BCUT2D eigenvalue weighted by molar-refractivity contribution is 0.368. The maximum absolute atomic E-state index is 9.24. The monoisotopic (exact) mass is 348 g/mol. The SMILES string of the molecule is COc1ccc(CC2(CCC#N)c3ccccc3NC2C)cc1C(C)C. The van der Waals surface area contributed by atoms with Crippen LogP contribution in [0.5, 0.6) is 5.75 Å². The Morgan fingerprint density at radius 2 is 2.00 bits per heavy atom. The summed E-state index contributed by atoms with van der Waals surface area (Å²) >= 11 is 0. The Hall–Kier alpha value is -2.47. The average molecular weight is 348 g/mol. The zero-order valence-corrected chi connectivity index (χ0v) is 16.2. The van der Waals surface area contributed by atoms with Crippen LogP contribution in [0.25, 0.3) is 0 Å². The molecular weight excluding hydrogens is 320 g/mol. The molecule has 26 heavy (non-hydrogen) atoms. The Morgan fingerprint density at radius 3 is 2.69 bits per heavy atom. The van der Waals surface area contributed by atoms with Crippen molar-refractivity contribution in [2.24, 2.45) is 0 Å². The molecule has 0 amide bonds. The minimum Gasteiger partial charge on any atom is -0.496 e.